The molecule has 0 bridgehead atoms. The van der Waals surface area contributed by atoms with E-state index in [9.17, 15) is 13.2 Å². The van der Waals surface area contributed by atoms with E-state index in [0.717, 1.165) is 18.6 Å². The molecule has 106 valence electrons. The Labute approximate surface area is 121 Å². The zero-order valence-electron chi connectivity index (χ0n) is 10.2. The molecule has 0 fully saturated rings. The van der Waals surface area contributed by atoms with Gasteiger partial charge in [0.25, 0.3) is 0 Å². The standard InChI is InChI=1S/C11H13Cl2NO4S/c1-2-3-4-18-11(15)8-5-7(19(14,16)17)6-9(12)10(8)13/h5-6H,2-4H2,1H3,(H2,14,16,17). The first-order valence-electron chi connectivity index (χ1n) is 5.46. The van der Waals surface area contributed by atoms with Crippen LogP contribution in [0.4, 0.5) is 0 Å². The van der Waals surface area contributed by atoms with Gasteiger partial charge in [-0.2, -0.15) is 0 Å². The number of unbranched alkanes of at least 4 members (excludes halogenated alkanes) is 1. The number of carbonyl (C=O) groups excluding carboxylic acids is 1. The highest BCUT2D eigenvalue weighted by Crippen LogP contribution is 2.29. The minimum Gasteiger partial charge on any atom is -0.462 e. The summed E-state index contributed by atoms with van der Waals surface area (Å²) in [5.41, 5.74) is -0.116. The van der Waals surface area contributed by atoms with E-state index in [1.165, 1.54) is 0 Å². The lowest BCUT2D eigenvalue weighted by molar-refractivity contribution is 0.0499. The second-order valence-corrected chi connectivity index (χ2v) is 6.15. The molecule has 5 nitrogen and oxygen atoms in total. The average molecular weight is 326 g/mol. The van der Waals surface area contributed by atoms with E-state index in [1.807, 2.05) is 6.92 Å². The van der Waals surface area contributed by atoms with Gasteiger partial charge in [0.05, 0.1) is 27.1 Å². The Bertz CT molecular complexity index is 587. The number of halogens is 2. The smallest absolute Gasteiger partial charge is 0.339 e. The number of nitrogens with two attached hydrogens (primary N) is 1. The molecular formula is C11H13Cl2NO4S. The number of esters is 1. The Kier molecular flexibility index (Phi) is 5.61. The molecule has 2 N–H and O–H groups in total. The van der Waals surface area contributed by atoms with Gasteiger partial charge in [-0.3, -0.25) is 0 Å². The largest absolute Gasteiger partial charge is 0.462 e. The molecule has 1 aromatic rings. The van der Waals surface area contributed by atoms with Gasteiger partial charge in [-0.1, -0.05) is 36.5 Å². The molecule has 0 spiro atoms. The monoisotopic (exact) mass is 325 g/mol. The number of rotatable bonds is 5. The summed E-state index contributed by atoms with van der Waals surface area (Å²) in [6, 6.07) is 2.14. The molecule has 0 saturated heterocycles. The Hall–Kier alpha value is -0.820. The maximum atomic E-state index is 11.8. The molecule has 1 rings (SSSR count). The molecule has 0 amide bonds. The molecule has 0 heterocycles. The maximum Gasteiger partial charge on any atom is 0.339 e. The molecule has 0 aliphatic carbocycles. The van der Waals surface area contributed by atoms with Crippen molar-refractivity contribution in [3.63, 3.8) is 0 Å². The lowest BCUT2D eigenvalue weighted by Gasteiger charge is -2.08. The lowest BCUT2D eigenvalue weighted by Crippen LogP contribution is -2.14. The number of ether oxygens (including phenoxy) is 1. The van der Waals surface area contributed by atoms with E-state index in [4.69, 9.17) is 33.1 Å². The molecule has 0 unspecified atom stereocenters. The summed E-state index contributed by atoms with van der Waals surface area (Å²) in [5, 5.41) is 4.85. The van der Waals surface area contributed by atoms with Crippen molar-refractivity contribution in [3.8, 4) is 0 Å². The third kappa shape index (κ3) is 4.35. The molecule has 1 aromatic carbocycles. The summed E-state index contributed by atoms with van der Waals surface area (Å²) in [4.78, 5) is 11.5. The van der Waals surface area contributed by atoms with Gasteiger partial charge in [-0.05, 0) is 18.6 Å². The van der Waals surface area contributed by atoms with Gasteiger partial charge >= 0.3 is 5.97 Å². The summed E-state index contributed by atoms with van der Waals surface area (Å²) >= 11 is 11.6. The fourth-order valence-electron chi connectivity index (χ4n) is 1.26. The lowest BCUT2D eigenvalue weighted by atomic mass is 10.2. The van der Waals surface area contributed by atoms with Gasteiger partial charge in [0.15, 0.2) is 0 Å². The van der Waals surface area contributed by atoms with Gasteiger partial charge in [0, 0.05) is 0 Å². The number of benzene rings is 1. The molecule has 0 atom stereocenters. The van der Waals surface area contributed by atoms with E-state index in [1.54, 1.807) is 0 Å². The molecule has 0 aromatic heterocycles. The number of carbonyl (C=O) groups is 1. The summed E-state index contributed by atoms with van der Waals surface area (Å²) in [5.74, 6) is -0.731. The SMILES string of the molecule is CCCCOC(=O)c1cc(S(N)(=O)=O)cc(Cl)c1Cl. The molecule has 0 radical (unpaired) electrons. The fraction of sp³-hybridized carbons (Fsp3) is 0.364. The summed E-state index contributed by atoms with van der Waals surface area (Å²) < 4.78 is 27.5. The van der Waals surface area contributed by atoms with Crippen LogP contribution in [-0.2, 0) is 14.8 Å². The van der Waals surface area contributed by atoms with Crippen LogP contribution in [-0.4, -0.2) is 21.0 Å². The van der Waals surface area contributed by atoms with Crippen molar-refractivity contribution in [2.24, 2.45) is 5.14 Å². The van der Waals surface area contributed by atoms with E-state index >= 15 is 0 Å². The van der Waals surface area contributed by atoms with Crippen molar-refractivity contribution in [3.05, 3.63) is 27.7 Å². The Morgan fingerprint density at radius 3 is 2.53 bits per heavy atom. The first-order chi connectivity index (χ1) is 8.77. The van der Waals surface area contributed by atoms with E-state index < -0.39 is 16.0 Å². The van der Waals surface area contributed by atoms with Crippen LogP contribution < -0.4 is 5.14 Å². The van der Waals surface area contributed by atoms with Crippen molar-refractivity contribution < 1.29 is 17.9 Å². The third-order valence-corrected chi connectivity index (χ3v) is 3.98. The van der Waals surface area contributed by atoms with Crippen LogP contribution in [0.2, 0.25) is 10.0 Å². The molecule has 0 aliphatic rings. The fourth-order valence-corrected chi connectivity index (χ4v) is 2.30. The zero-order valence-corrected chi connectivity index (χ0v) is 12.5. The minimum atomic E-state index is -3.97. The van der Waals surface area contributed by atoms with E-state index in [0.29, 0.717) is 6.42 Å². The minimum absolute atomic E-state index is 0.0597. The van der Waals surface area contributed by atoms with Crippen LogP contribution in [0.3, 0.4) is 0 Å². The first kappa shape index (κ1) is 16.2. The maximum absolute atomic E-state index is 11.8. The Morgan fingerprint density at radius 2 is 2.00 bits per heavy atom. The van der Waals surface area contributed by atoms with Gasteiger partial charge in [0.2, 0.25) is 10.0 Å². The van der Waals surface area contributed by atoms with Gasteiger partial charge in [0.1, 0.15) is 0 Å². The van der Waals surface area contributed by atoms with Gasteiger partial charge in [-0.15, -0.1) is 0 Å². The highest BCUT2D eigenvalue weighted by atomic mass is 35.5. The van der Waals surface area contributed by atoms with E-state index in [-0.39, 0.29) is 27.1 Å². The second-order valence-electron chi connectivity index (χ2n) is 3.80. The van der Waals surface area contributed by atoms with Crippen LogP contribution >= 0.6 is 23.2 Å². The average Bonchev–Trinajstić information content (AvgIpc) is 2.31. The Balaban J connectivity index is 3.13. The van der Waals surface area contributed by atoms with E-state index in [2.05, 4.69) is 0 Å². The predicted octanol–water partition coefficient (Wildman–Crippen LogP) is 2.60. The highest BCUT2D eigenvalue weighted by molar-refractivity contribution is 7.89. The second kappa shape index (κ2) is 6.56. The summed E-state index contributed by atoms with van der Waals surface area (Å²) in [6.07, 6.45) is 1.56. The molecule has 19 heavy (non-hydrogen) atoms. The number of hydrogen-bond acceptors (Lipinski definition) is 4. The van der Waals surface area contributed by atoms with Crippen molar-refractivity contribution in [2.45, 2.75) is 24.7 Å². The topological polar surface area (TPSA) is 86.5 Å². The molecule has 8 heteroatoms. The van der Waals surface area contributed by atoms with Crippen LogP contribution in [0.25, 0.3) is 0 Å². The first-order valence-corrected chi connectivity index (χ1v) is 7.76. The number of hydrogen-bond donors (Lipinski definition) is 1. The van der Waals surface area contributed by atoms with Crippen LogP contribution in [0.15, 0.2) is 17.0 Å². The van der Waals surface area contributed by atoms with Gasteiger partial charge < -0.3 is 4.74 Å². The van der Waals surface area contributed by atoms with Crippen molar-refractivity contribution >= 4 is 39.2 Å². The van der Waals surface area contributed by atoms with Gasteiger partial charge in [-0.25, -0.2) is 18.4 Å². The third-order valence-electron chi connectivity index (χ3n) is 2.28. The summed E-state index contributed by atoms with van der Waals surface area (Å²) in [7, 11) is -3.97. The number of primary sulfonamides is 1. The van der Waals surface area contributed by atoms with Crippen molar-refractivity contribution in [1.82, 2.24) is 0 Å². The normalized spacial score (nSPS) is 11.4. The molecule has 0 saturated carbocycles. The Morgan fingerprint density at radius 1 is 1.37 bits per heavy atom. The zero-order chi connectivity index (χ0) is 14.6. The van der Waals surface area contributed by atoms with Crippen LogP contribution in [0.1, 0.15) is 30.1 Å². The number of sulfonamides is 1. The summed E-state index contributed by atoms with van der Waals surface area (Å²) in [6.45, 7) is 2.17. The van der Waals surface area contributed by atoms with Crippen LogP contribution in [0.5, 0.6) is 0 Å². The molecule has 0 aliphatic heterocycles. The van der Waals surface area contributed by atoms with Crippen molar-refractivity contribution in [1.29, 1.82) is 0 Å². The predicted molar refractivity (Wildman–Crippen MR) is 73.0 cm³/mol. The highest BCUT2D eigenvalue weighted by Gasteiger charge is 2.20. The molecular weight excluding hydrogens is 313 g/mol. The van der Waals surface area contributed by atoms with Crippen LogP contribution in [0, 0.1) is 0 Å². The quantitative estimate of drug-likeness (QED) is 0.665. The van der Waals surface area contributed by atoms with Crippen molar-refractivity contribution in [2.75, 3.05) is 6.61 Å².